The van der Waals surface area contributed by atoms with Crippen LogP contribution in [-0.2, 0) is 42.9 Å². The van der Waals surface area contributed by atoms with Gasteiger partial charge in [-0.15, -0.1) is 0 Å². The highest BCUT2D eigenvalue weighted by atomic mass is 16.6. The van der Waals surface area contributed by atoms with Gasteiger partial charge in [-0.1, -0.05) is 88.8 Å². The van der Waals surface area contributed by atoms with Crippen LogP contribution in [0.2, 0.25) is 0 Å². The number of carbonyl (C=O) groups is 5. The molecule has 3 saturated carbocycles. The number of ketones is 2. The maximum Gasteiger partial charge on any atom is 0.306 e. The van der Waals surface area contributed by atoms with Crippen LogP contribution in [0.1, 0.15) is 143 Å². The monoisotopic (exact) mass is 836 g/mol. The van der Waals surface area contributed by atoms with E-state index in [2.05, 4.69) is 38.2 Å². The molecule has 334 valence electrons. The van der Waals surface area contributed by atoms with Crippen molar-refractivity contribution < 1.29 is 48.0 Å². The zero-order valence-electron chi connectivity index (χ0n) is 37.1. The van der Waals surface area contributed by atoms with Crippen molar-refractivity contribution >= 4 is 29.5 Å². The van der Waals surface area contributed by atoms with E-state index in [1.807, 2.05) is 32.0 Å². The third-order valence-corrected chi connectivity index (χ3v) is 14.0. The van der Waals surface area contributed by atoms with Crippen LogP contribution in [0.15, 0.2) is 48.1 Å². The van der Waals surface area contributed by atoms with E-state index in [1.165, 1.54) is 25.7 Å². The fraction of sp³-hybridized carbons (Fsp3) is 0.735. The number of nitrogens with zero attached hydrogens (tertiary/aromatic N) is 1. The van der Waals surface area contributed by atoms with Gasteiger partial charge in [0.1, 0.15) is 18.3 Å². The normalized spacial score (nSPS) is 30.7. The van der Waals surface area contributed by atoms with Crippen LogP contribution in [0.5, 0.6) is 0 Å². The zero-order valence-corrected chi connectivity index (χ0v) is 37.1. The van der Waals surface area contributed by atoms with Gasteiger partial charge in [-0.2, -0.15) is 0 Å². The molecule has 6 unspecified atom stereocenters. The summed E-state index contributed by atoms with van der Waals surface area (Å²) in [6.07, 6.45) is 28.1. The molecule has 4 aliphatic carbocycles. The first-order chi connectivity index (χ1) is 28.8. The molecule has 60 heavy (non-hydrogen) atoms. The Morgan fingerprint density at radius 1 is 0.933 bits per heavy atom. The highest BCUT2D eigenvalue weighted by molar-refractivity contribution is 6.01. The Morgan fingerprint density at radius 2 is 1.62 bits per heavy atom. The molecule has 5 rings (SSSR count). The van der Waals surface area contributed by atoms with Gasteiger partial charge in [0.15, 0.2) is 18.0 Å². The molecule has 11 nitrogen and oxygen atoms in total. The smallest absolute Gasteiger partial charge is 0.306 e. The van der Waals surface area contributed by atoms with Crippen molar-refractivity contribution in [3.63, 3.8) is 0 Å². The number of allylic oxidation sites excluding steroid dienone is 8. The van der Waals surface area contributed by atoms with Crippen molar-refractivity contribution in [2.45, 2.75) is 166 Å². The quantitative estimate of drug-likeness (QED) is 0.0296. The first-order valence-electron chi connectivity index (χ1n) is 23.1. The molecule has 1 saturated heterocycles. The lowest BCUT2D eigenvalue weighted by atomic mass is 9.49. The van der Waals surface area contributed by atoms with Crippen LogP contribution < -0.4 is 0 Å². The van der Waals surface area contributed by atoms with Crippen LogP contribution in [0.25, 0.3) is 0 Å². The van der Waals surface area contributed by atoms with Crippen molar-refractivity contribution in [1.82, 2.24) is 4.90 Å². The molecule has 0 aromatic rings. The molecule has 1 aliphatic heterocycles. The Hall–Kier alpha value is -3.41. The van der Waals surface area contributed by atoms with Crippen LogP contribution in [0, 0.1) is 29.1 Å². The molecule has 0 radical (unpaired) electrons. The standard InChI is InChI=1S/C49H73NO10/c1-6-7-8-9-10-11-12-13-14-15-16-17-18-19-20-21-45(56)59-38(27-29-50(4)5)33-57-43(54)24-25-44(55)58-34-42(53)49-35(2)30-40-39-23-22-36-31-37(51)26-28-47(36,3)46(39)41(52)32-48(40,49)60-49/h10-11,13-14,26,28,31,35,38-41,46,52H,6-9,12,15-25,27,29-30,32-34H2,1-5H3/b11-10-,14-13-/t35-,38?,39?,40+,41?,46?,47?,48?,49+/m1/s1. The number of unbranched alkanes of at least 4 members (excludes halogenated alkanes) is 8. The van der Waals surface area contributed by atoms with Crippen molar-refractivity contribution in [3.05, 3.63) is 48.1 Å². The average Bonchev–Trinajstić information content (AvgIpc) is 3.81. The van der Waals surface area contributed by atoms with Gasteiger partial charge in [-0.05, 0) is 102 Å². The second-order valence-corrected chi connectivity index (χ2v) is 18.6. The van der Waals surface area contributed by atoms with E-state index in [1.54, 1.807) is 12.2 Å². The second kappa shape index (κ2) is 22.1. The molecule has 1 heterocycles. The van der Waals surface area contributed by atoms with Crippen molar-refractivity contribution in [1.29, 1.82) is 0 Å². The number of hydrogen-bond acceptors (Lipinski definition) is 11. The van der Waals surface area contributed by atoms with Gasteiger partial charge in [0.25, 0.3) is 0 Å². The van der Waals surface area contributed by atoms with Crippen LogP contribution >= 0.6 is 0 Å². The Balaban J connectivity index is 0.971. The molecule has 1 N–H and O–H groups in total. The van der Waals surface area contributed by atoms with Gasteiger partial charge in [-0.25, -0.2) is 0 Å². The summed E-state index contributed by atoms with van der Waals surface area (Å²) < 4.78 is 23.0. The lowest BCUT2D eigenvalue weighted by Crippen LogP contribution is -2.56. The van der Waals surface area contributed by atoms with E-state index in [0.29, 0.717) is 25.8 Å². The Labute approximate surface area is 358 Å². The van der Waals surface area contributed by atoms with Gasteiger partial charge < -0.3 is 29.0 Å². The van der Waals surface area contributed by atoms with Crippen LogP contribution in [-0.4, -0.2) is 96.7 Å². The summed E-state index contributed by atoms with van der Waals surface area (Å²) >= 11 is 0. The van der Waals surface area contributed by atoms with Crippen LogP contribution in [0.3, 0.4) is 0 Å². The minimum absolute atomic E-state index is 0.0147. The number of aliphatic hydroxyl groups excluding tert-OH is 1. The predicted octanol–water partition coefficient (Wildman–Crippen LogP) is 8.13. The topological polar surface area (TPSA) is 149 Å². The van der Waals surface area contributed by atoms with E-state index in [0.717, 1.165) is 69.8 Å². The molecular formula is C49H73NO10. The third kappa shape index (κ3) is 11.5. The lowest BCUT2D eigenvalue weighted by Gasteiger charge is -2.55. The fourth-order valence-corrected chi connectivity index (χ4v) is 10.9. The molecule has 0 bridgehead atoms. The summed E-state index contributed by atoms with van der Waals surface area (Å²) in [7, 11) is 3.84. The highest BCUT2D eigenvalue weighted by Gasteiger charge is 2.85. The summed E-state index contributed by atoms with van der Waals surface area (Å²) in [6.45, 7) is 6.40. The number of carbonyl (C=O) groups excluding carboxylic acids is 5. The van der Waals surface area contributed by atoms with Gasteiger partial charge in [0.05, 0.1) is 18.9 Å². The molecule has 5 aliphatic rings. The summed E-state index contributed by atoms with van der Waals surface area (Å²) in [5, 5.41) is 11.6. The number of hydrogen-bond donors (Lipinski definition) is 1. The number of rotatable bonds is 26. The summed E-state index contributed by atoms with van der Waals surface area (Å²) in [4.78, 5) is 66.0. The molecule has 0 aromatic carbocycles. The van der Waals surface area contributed by atoms with E-state index < -0.39 is 47.4 Å². The molecule has 1 spiro atoms. The van der Waals surface area contributed by atoms with Gasteiger partial charge >= 0.3 is 17.9 Å². The van der Waals surface area contributed by atoms with Crippen LogP contribution in [0.4, 0.5) is 0 Å². The third-order valence-electron chi connectivity index (χ3n) is 14.0. The largest absolute Gasteiger partial charge is 0.462 e. The Bertz CT molecular complexity index is 1630. The fourth-order valence-electron chi connectivity index (χ4n) is 10.9. The number of epoxide rings is 1. The highest BCUT2D eigenvalue weighted by Crippen LogP contribution is 2.74. The molecule has 9 atom stereocenters. The maximum atomic E-state index is 13.8. The van der Waals surface area contributed by atoms with Crippen molar-refractivity contribution in [2.24, 2.45) is 29.1 Å². The van der Waals surface area contributed by atoms with E-state index in [9.17, 15) is 29.1 Å². The predicted molar refractivity (Wildman–Crippen MR) is 230 cm³/mol. The minimum atomic E-state index is -1.11. The molecule has 11 heteroatoms. The average molecular weight is 836 g/mol. The number of fused-ring (bicyclic) bond motifs is 4. The van der Waals surface area contributed by atoms with Crippen molar-refractivity contribution in [3.8, 4) is 0 Å². The maximum absolute atomic E-state index is 13.8. The second-order valence-electron chi connectivity index (χ2n) is 18.6. The minimum Gasteiger partial charge on any atom is -0.462 e. The Morgan fingerprint density at radius 3 is 2.33 bits per heavy atom. The molecular weight excluding hydrogens is 763 g/mol. The molecule has 4 fully saturated rings. The zero-order chi connectivity index (χ0) is 43.3. The summed E-state index contributed by atoms with van der Waals surface area (Å²) in [5.74, 6) is -1.92. The molecule has 0 amide bonds. The molecule has 0 aromatic heterocycles. The van der Waals surface area contributed by atoms with Gasteiger partial charge in [0, 0.05) is 37.1 Å². The number of esters is 3. The van der Waals surface area contributed by atoms with Crippen molar-refractivity contribution in [2.75, 3.05) is 33.9 Å². The Kier molecular flexibility index (Phi) is 17.5. The van der Waals surface area contributed by atoms with E-state index >= 15 is 0 Å². The van der Waals surface area contributed by atoms with E-state index in [-0.39, 0.29) is 60.7 Å². The number of Topliss-reactive ketones (excluding diaryl/α,β-unsaturated/α-hetero) is 1. The van der Waals surface area contributed by atoms with E-state index in [4.69, 9.17) is 18.9 Å². The SMILES string of the molecule is CCCCC/C=C\C/C=C\CCCCCCCC(=O)OC(CCN(C)C)COC(=O)CCC(=O)OCC(=O)[C@]12OC13CC(O)C1C(CCC4=CC(=O)C=CC41C)[C@@H]3C[C@H]2C. The van der Waals surface area contributed by atoms with Gasteiger partial charge in [0.2, 0.25) is 5.78 Å². The summed E-state index contributed by atoms with van der Waals surface area (Å²) in [6, 6.07) is 0. The summed E-state index contributed by atoms with van der Waals surface area (Å²) in [5.41, 5.74) is -1.25. The number of aliphatic hydroxyl groups is 1. The first kappa shape index (κ1) is 47.6. The van der Waals surface area contributed by atoms with Gasteiger partial charge in [-0.3, -0.25) is 24.0 Å². The number of ether oxygens (including phenoxy) is 4. The first-order valence-corrected chi connectivity index (χ1v) is 23.1. The lowest BCUT2D eigenvalue weighted by molar-refractivity contribution is -0.160.